The third-order valence-corrected chi connectivity index (χ3v) is 4.81. The van der Waals surface area contributed by atoms with Crippen molar-refractivity contribution in [1.82, 2.24) is 25.1 Å². The lowest BCUT2D eigenvalue weighted by Crippen LogP contribution is -2.38. The summed E-state index contributed by atoms with van der Waals surface area (Å²) in [6.45, 7) is 1.51. The summed E-state index contributed by atoms with van der Waals surface area (Å²) < 4.78 is 0. The highest BCUT2D eigenvalue weighted by Gasteiger charge is 2.25. The molecule has 132 valence electrons. The van der Waals surface area contributed by atoms with Gasteiger partial charge in [0.25, 0.3) is 5.91 Å². The number of nitrogens with two attached hydrogens (primary N) is 1. The van der Waals surface area contributed by atoms with Crippen molar-refractivity contribution in [2.45, 2.75) is 18.8 Å². The Bertz CT molecular complexity index is 883. The molecule has 1 aliphatic rings. The second-order valence-corrected chi connectivity index (χ2v) is 6.46. The highest BCUT2D eigenvalue weighted by atomic mass is 16.2. The van der Waals surface area contributed by atoms with Crippen LogP contribution in [0.5, 0.6) is 0 Å². The van der Waals surface area contributed by atoms with Crippen LogP contribution in [0.4, 0.5) is 5.82 Å². The fourth-order valence-corrected chi connectivity index (χ4v) is 3.34. The minimum absolute atomic E-state index is 0.0631. The average Bonchev–Trinajstić information content (AvgIpc) is 3.23. The largest absolute Gasteiger partial charge is 0.384 e. The predicted molar refractivity (Wildman–Crippen MR) is 98.3 cm³/mol. The molecule has 4 rings (SSSR count). The van der Waals surface area contributed by atoms with Crippen LogP contribution in [-0.2, 0) is 0 Å². The van der Waals surface area contributed by atoms with Crippen LogP contribution in [0.3, 0.4) is 0 Å². The molecule has 0 bridgehead atoms. The van der Waals surface area contributed by atoms with Gasteiger partial charge in [0, 0.05) is 48.2 Å². The van der Waals surface area contributed by atoms with Gasteiger partial charge in [-0.25, -0.2) is 9.97 Å². The number of aromatic nitrogens is 4. The lowest BCUT2D eigenvalue weighted by Gasteiger charge is -2.31. The molecule has 0 atom stereocenters. The number of hydrogen-bond donors (Lipinski definition) is 2. The lowest BCUT2D eigenvalue weighted by atomic mass is 9.93. The first-order valence-electron chi connectivity index (χ1n) is 8.68. The van der Waals surface area contributed by atoms with E-state index in [4.69, 9.17) is 5.73 Å². The number of amides is 1. The second-order valence-electron chi connectivity index (χ2n) is 6.46. The number of carbonyl (C=O) groups is 1. The van der Waals surface area contributed by atoms with E-state index in [0.29, 0.717) is 23.1 Å². The normalized spacial score (nSPS) is 15.2. The van der Waals surface area contributed by atoms with E-state index in [1.165, 1.54) is 0 Å². The molecule has 0 radical (unpaired) electrons. The summed E-state index contributed by atoms with van der Waals surface area (Å²) in [7, 11) is 0. The molecule has 2 aromatic heterocycles. The first-order chi connectivity index (χ1) is 12.7. The topological polar surface area (TPSA) is 101 Å². The summed E-state index contributed by atoms with van der Waals surface area (Å²) in [5.41, 5.74) is 8.37. The van der Waals surface area contributed by atoms with Gasteiger partial charge in [0.2, 0.25) is 0 Å². The zero-order valence-corrected chi connectivity index (χ0v) is 14.3. The van der Waals surface area contributed by atoms with Crippen molar-refractivity contribution in [2.24, 2.45) is 0 Å². The molecule has 3 aromatic rings. The Morgan fingerprint density at radius 1 is 1.08 bits per heavy atom. The molecule has 1 aromatic carbocycles. The fourth-order valence-electron chi connectivity index (χ4n) is 3.34. The Hall–Kier alpha value is -3.22. The van der Waals surface area contributed by atoms with Gasteiger partial charge in [0.15, 0.2) is 5.82 Å². The number of piperidine rings is 1. The average molecular weight is 348 g/mol. The van der Waals surface area contributed by atoms with Gasteiger partial charge in [0.05, 0.1) is 0 Å². The number of anilines is 1. The van der Waals surface area contributed by atoms with Crippen molar-refractivity contribution in [3.63, 3.8) is 0 Å². The fraction of sp³-hybridized carbons (Fsp3) is 0.263. The minimum atomic E-state index is 0.0631. The van der Waals surface area contributed by atoms with E-state index >= 15 is 0 Å². The van der Waals surface area contributed by atoms with Gasteiger partial charge in [-0.2, -0.15) is 5.10 Å². The first-order valence-corrected chi connectivity index (χ1v) is 8.68. The summed E-state index contributed by atoms with van der Waals surface area (Å²) in [5, 5.41) is 7.05. The third-order valence-electron chi connectivity index (χ3n) is 4.81. The van der Waals surface area contributed by atoms with Crippen LogP contribution in [0, 0.1) is 0 Å². The summed E-state index contributed by atoms with van der Waals surface area (Å²) in [6.07, 6.45) is 5.30. The zero-order chi connectivity index (χ0) is 17.9. The maximum Gasteiger partial charge on any atom is 0.253 e. The van der Waals surface area contributed by atoms with Crippen LogP contribution < -0.4 is 5.73 Å². The summed E-state index contributed by atoms with van der Waals surface area (Å²) in [4.78, 5) is 23.1. The maximum absolute atomic E-state index is 12.7. The van der Waals surface area contributed by atoms with Gasteiger partial charge in [-0.15, -0.1) is 0 Å². The highest BCUT2D eigenvalue weighted by Crippen LogP contribution is 2.27. The predicted octanol–water partition coefficient (Wildman–Crippen LogP) is 2.47. The molecular formula is C19H20N6O. The number of nitrogen functional groups attached to an aromatic ring is 1. The molecule has 0 unspecified atom stereocenters. The van der Waals surface area contributed by atoms with E-state index in [1.807, 2.05) is 35.2 Å². The molecule has 26 heavy (non-hydrogen) atoms. The van der Waals surface area contributed by atoms with E-state index in [-0.39, 0.29) is 5.91 Å². The van der Waals surface area contributed by atoms with Crippen LogP contribution in [0.2, 0.25) is 0 Å². The number of rotatable bonds is 3. The number of nitrogens with one attached hydrogen (secondary N) is 1. The molecule has 7 nitrogen and oxygen atoms in total. The Labute approximate surface area is 151 Å². The van der Waals surface area contributed by atoms with Crippen LogP contribution in [0.1, 0.15) is 34.8 Å². The number of aromatic amines is 1. The summed E-state index contributed by atoms with van der Waals surface area (Å²) >= 11 is 0. The van der Waals surface area contributed by atoms with E-state index in [1.54, 1.807) is 18.5 Å². The molecule has 0 aliphatic carbocycles. The Kier molecular flexibility index (Phi) is 4.35. The first kappa shape index (κ1) is 16.3. The molecule has 7 heteroatoms. The van der Waals surface area contributed by atoms with Crippen LogP contribution in [0.25, 0.3) is 11.4 Å². The summed E-state index contributed by atoms with van der Waals surface area (Å²) in [6, 6.07) is 11.0. The van der Waals surface area contributed by atoms with Crippen molar-refractivity contribution in [3.8, 4) is 11.4 Å². The van der Waals surface area contributed by atoms with Crippen molar-refractivity contribution in [3.05, 3.63) is 60.0 Å². The molecule has 0 spiro atoms. The maximum atomic E-state index is 12.7. The van der Waals surface area contributed by atoms with Gasteiger partial charge in [-0.3, -0.25) is 9.89 Å². The van der Waals surface area contributed by atoms with Gasteiger partial charge >= 0.3 is 0 Å². The van der Waals surface area contributed by atoms with Gasteiger partial charge in [-0.1, -0.05) is 12.1 Å². The number of benzene rings is 1. The Balaban J connectivity index is 1.42. The monoisotopic (exact) mass is 348 g/mol. The molecule has 1 fully saturated rings. The van der Waals surface area contributed by atoms with Crippen LogP contribution >= 0.6 is 0 Å². The number of likely N-dealkylation sites (tertiary alicyclic amines) is 1. The molecule has 3 heterocycles. The Morgan fingerprint density at radius 3 is 2.50 bits per heavy atom. The lowest BCUT2D eigenvalue weighted by molar-refractivity contribution is 0.0712. The number of H-pyrrole nitrogens is 1. The highest BCUT2D eigenvalue weighted by molar-refractivity contribution is 5.94. The molecular weight excluding hydrogens is 328 g/mol. The van der Waals surface area contributed by atoms with E-state index in [2.05, 4.69) is 20.2 Å². The van der Waals surface area contributed by atoms with Crippen molar-refractivity contribution >= 4 is 11.7 Å². The van der Waals surface area contributed by atoms with Crippen molar-refractivity contribution < 1.29 is 4.79 Å². The molecule has 0 saturated carbocycles. The molecule has 1 saturated heterocycles. The van der Waals surface area contributed by atoms with Crippen molar-refractivity contribution in [1.29, 1.82) is 0 Å². The number of hydrogen-bond acceptors (Lipinski definition) is 5. The van der Waals surface area contributed by atoms with E-state index in [9.17, 15) is 4.79 Å². The van der Waals surface area contributed by atoms with Crippen LogP contribution in [0.15, 0.2) is 48.8 Å². The van der Waals surface area contributed by atoms with Crippen molar-refractivity contribution in [2.75, 3.05) is 18.8 Å². The molecule has 1 amide bonds. The molecule has 1 aliphatic heterocycles. The molecule has 3 N–H and O–H groups in total. The second kappa shape index (κ2) is 6.95. The Morgan fingerprint density at radius 2 is 1.85 bits per heavy atom. The smallest absolute Gasteiger partial charge is 0.253 e. The van der Waals surface area contributed by atoms with Gasteiger partial charge in [-0.05, 0) is 37.1 Å². The van der Waals surface area contributed by atoms with Crippen LogP contribution in [-0.4, -0.2) is 44.1 Å². The SMILES string of the molecule is Nc1ccnc(-c2ccc(C(=O)N3CCC(c4ccn[nH]4)CC3)cc2)n1. The number of nitrogens with zero attached hydrogens (tertiary/aromatic N) is 4. The standard InChI is InChI=1S/C19H20N6O/c20-17-6-9-21-18(23-17)14-1-3-15(4-2-14)19(26)25-11-7-13(8-12-25)16-5-10-22-24-16/h1-6,9-10,13H,7-8,11-12H2,(H,22,24)(H2,20,21,23). The third kappa shape index (κ3) is 3.28. The summed E-state index contributed by atoms with van der Waals surface area (Å²) in [5.74, 6) is 1.50. The minimum Gasteiger partial charge on any atom is -0.384 e. The quantitative estimate of drug-likeness (QED) is 0.757. The number of carbonyl (C=O) groups excluding carboxylic acids is 1. The van der Waals surface area contributed by atoms with E-state index in [0.717, 1.165) is 37.2 Å². The van der Waals surface area contributed by atoms with Gasteiger partial charge < -0.3 is 10.6 Å². The van der Waals surface area contributed by atoms with Gasteiger partial charge in [0.1, 0.15) is 5.82 Å². The zero-order valence-electron chi connectivity index (χ0n) is 14.3. The van der Waals surface area contributed by atoms with E-state index < -0.39 is 0 Å².